The molecule has 0 bridgehead atoms. The zero-order valence-electron chi connectivity index (χ0n) is 9.60. The minimum Gasteiger partial charge on any atom is -0.280 e. The van der Waals surface area contributed by atoms with Crippen LogP contribution in [0.4, 0.5) is 11.4 Å². The summed E-state index contributed by atoms with van der Waals surface area (Å²) >= 11 is 0. The van der Waals surface area contributed by atoms with Crippen LogP contribution in [-0.2, 0) is 0 Å². The number of aryl methyl sites for hydroxylation is 2. The molecule has 0 atom stereocenters. The summed E-state index contributed by atoms with van der Waals surface area (Å²) in [5.41, 5.74) is 3.79. The third kappa shape index (κ3) is 2.37. The smallest absolute Gasteiger partial charge is 0.129 e. The molecule has 0 saturated heterocycles. The molecule has 1 heterocycles. The Morgan fingerprint density at radius 2 is 1.88 bits per heavy atom. The van der Waals surface area contributed by atoms with E-state index in [9.17, 15) is 0 Å². The van der Waals surface area contributed by atoms with Crippen molar-refractivity contribution in [2.75, 3.05) is 0 Å². The Kier molecular flexibility index (Phi) is 2.97. The van der Waals surface area contributed by atoms with E-state index >= 15 is 0 Å². The van der Waals surface area contributed by atoms with Crippen LogP contribution < -0.4 is 0 Å². The van der Waals surface area contributed by atoms with Crippen LogP contribution in [0.15, 0.2) is 34.5 Å². The van der Waals surface area contributed by atoms with E-state index in [-0.39, 0.29) is 0 Å². The molecule has 0 unspecified atom stereocenters. The number of H-pyrrole nitrogens is 1. The molecule has 0 aliphatic rings. The van der Waals surface area contributed by atoms with E-state index in [1.165, 1.54) is 0 Å². The third-order valence-electron chi connectivity index (χ3n) is 2.35. The number of rotatable bonds is 2. The first kappa shape index (κ1) is 11.0. The zero-order chi connectivity index (χ0) is 12.3. The summed E-state index contributed by atoms with van der Waals surface area (Å²) in [6.45, 7) is 3.77. The monoisotopic (exact) mass is 225 g/mol. The molecular formula is C12H11N5. The molecule has 84 valence electrons. The van der Waals surface area contributed by atoms with Gasteiger partial charge in [-0.05, 0) is 38.1 Å². The highest BCUT2D eigenvalue weighted by Gasteiger charge is 2.04. The molecule has 1 aromatic carbocycles. The fourth-order valence-electron chi connectivity index (χ4n) is 1.40. The van der Waals surface area contributed by atoms with Crippen molar-refractivity contribution in [2.24, 2.45) is 10.2 Å². The highest BCUT2D eigenvalue weighted by molar-refractivity contribution is 5.47. The average molecular weight is 225 g/mol. The lowest BCUT2D eigenvalue weighted by molar-refractivity contribution is 1.02. The van der Waals surface area contributed by atoms with E-state index in [0.717, 1.165) is 17.1 Å². The molecule has 1 N–H and O–H groups in total. The van der Waals surface area contributed by atoms with Crippen LogP contribution in [0, 0.1) is 25.2 Å². The first-order valence-corrected chi connectivity index (χ1v) is 5.14. The first-order valence-electron chi connectivity index (χ1n) is 5.14. The highest BCUT2D eigenvalue weighted by atomic mass is 15.2. The number of hydrogen-bond donors (Lipinski definition) is 1. The van der Waals surface area contributed by atoms with Gasteiger partial charge in [-0.3, -0.25) is 5.10 Å². The summed E-state index contributed by atoms with van der Waals surface area (Å²) < 4.78 is 0. The summed E-state index contributed by atoms with van der Waals surface area (Å²) in [6, 6.07) is 8.99. The van der Waals surface area contributed by atoms with Crippen molar-refractivity contribution in [2.45, 2.75) is 13.8 Å². The lowest BCUT2D eigenvalue weighted by Crippen LogP contribution is -1.71. The van der Waals surface area contributed by atoms with E-state index < -0.39 is 0 Å². The van der Waals surface area contributed by atoms with Crippen LogP contribution in [0.5, 0.6) is 0 Å². The van der Waals surface area contributed by atoms with Crippen molar-refractivity contribution in [3.63, 3.8) is 0 Å². The lowest BCUT2D eigenvalue weighted by atomic mass is 10.2. The zero-order valence-corrected chi connectivity index (χ0v) is 9.60. The van der Waals surface area contributed by atoms with Crippen molar-refractivity contribution in [3.05, 3.63) is 41.2 Å². The number of nitrogens with zero attached hydrogens (tertiary/aromatic N) is 4. The maximum Gasteiger partial charge on any atom is 0.129 e. The molecule has 17 heavy (non-hydrogen) atoms. The minimum atomic E-state index is 0.611. The van der Waals surface area contributed by atoms with Crippen LogP contribution in [0.25, 0.3) is 0 Å². The van der Waals surface area contributed by atoms with Crippen LogP contribution >= 0.6 is 0 Å². The first-order chi connectivity index (χ1) is 8.20. The Labute approximate surface area is 98.8 Å². The number of aromatic amines is 1. The summed E-state index contributed by atoms with van der Waals surface area (Å²) in [5.74, 6) is 0. The molecule has 5 heteroatoms. The Morgan fingerprint density at radius 1 is 1.18 bits per heavy atom. The van der Waals surface area contributed by atoms with Crippen molar-refractivity contribution in [3.8, 4) is 6.07 Å². The molecule has 5 nitrogen and oxygen atoms in total. The number of benzene rings is 1. The molecular weight excluding hydrogens is 214 g/mol. The number of hydrogen-bond acceptors (Lipinski definition) is 4. The standard InChI is InChI=1S/C12H11N5/c1-8-12(9(2)15-14-8)17-16-11-5-3-10(7-13)4-6-11/h3-6H,1-2H3,(H,14,15)/b17-16+. The second-order valence-electron chi connectivity index (χ2n) is 3.64. The molecule has 0 amide bonds. The van der Waals surface area contributed by atoms with Crippen LogP contribution in [0.3, 0.4) is 0 Å². The van der Waals surface area contributed by atoms with Gasteiger partial charge in [0.25, 0.3) is 0 Å². The molecule has 0 radical (unpaired) electrons. The van der Waals surface area contributed by atoms with E-state index in [2.05, 4.69) is 26.5 Å². The van der Waals surface area contributed by atoms with Gasteiger partial charge in [0.2, 0.25) is 0 Å². The Balaban J connectivity index is 2.24. The Hall–Kier alpha value is -2.48. The lowest BCUT2D eigenvalue weighted by Gasteiger charge is -1.93. The van der Waals surface area contributed by atoms with Gasteiger partial charge in [-0.25, -0.2) is 0 Å². The molecule has 0 aliphatic heterocycles. The van der Waals surface area contributed by atoms with E-state index in [1.54, 1.807) is 24.3 Å². The summed E-state index contributed by atoms with van der Waals surface area (Å²) in [7, 11) is 0. The van der Waals surface area contributed by atoms with Crippen molar-refractivity contribution < 1.29 is 0 Å². The SMILES string of the molecule is Cc1n[nH]c(C)c1/N=N/c1ccc(C#N)cc1. The normalized spacial score (nSPS) is 10.6. The third-order valence-corrected chi connectivity index (χ3v) is 2.35. The second-order valence-corrected chi connectivity index (χ2v) is 3.64. The quantitative estimate of drug-likeness (QED) is 0.796. The maximum atomic E-state index is 8.66. The van der Waals surface area contributed by atoms with Gasteiger partial charge in [-0.1, -0.05) is 0 Å². The fourth-order valence-corrected chi connectivity index (χ4v) is 1.40. The van der Waals surface area contributed by atoms with Gasteiger partial charge in [0.05, 0.1) is 28.7 Å². The van der Waals surface area contributed by atoms with Crippen molar-refractivity contribution in [1.82, 2.24) is 10.2 Å². The largest absolute Gasteiger partial charge is 0.280 e. The molecule has 2 rings (SSSR count). The average Bonchev–Trinajstić information content (AvgIpc) is 2.67. The van der Waals surface area contributed by atoms with Crippen LogP contribution in [0.1, 0.15) is 17.0 Å². The number of aromatic nitrogens is 2. The van der Waals surface area contributed by atoms with Gasteiger partial charge >= 0.3 is 0 Å². The van der Waals surface area contributed by atoms with E-state index in [4.69, 9.17) is 5.26 Å². The van der Waals surface area contributed by atoms with Gasteiger partial charge < -0.3 is 0 Å². The number of azo groups is 1. The van der Waals surface area contributed by atoms with Crippen LogP contribution in [-0.4, -0.2) is 10.2 Å². The molecule has 0 spiro atoms. The van der Waals surface area contributed by atoms with Gasteiger partial charge in [-0.2, -0.15) is 15.5 Å². The molecule has 0 aliphatic carbocycles. The summed E-state index contributed by atoms with van der Waals surface area (Å²) in [6.07, 6.45) is 0. The second kappa shape index (κ2) is 4.58. The molecule has 0 fully saturated rings. The van der Waals surface area contributed by atoms with Crippen molar-refractivity contribution in [1.29, 1.82) is 5.26 Å². The maximum absolute atomic E-state index is 8.66. The predicted molar refractivity (Wildman–Crippen MR) is 63.4 cm³/mol. The number of nitrogens with one attached hydrogen (secondary N) is 1. The topological polar surface area (TPSA) is 77.2 Å². The fraction of sp³-hybridized carbons (Fsp3) is 0.167. The van der Waals surface area contributed by atoms with Gasteiger partial charge in [-0.15, -0.1) is 5.11 Å². The summed E-state index contributed by atoms with van der Waals surface area (Å²) in [4.78, 5) is 0. The molecule has 1 aromatic heterocycles. The molecule has 0 saturated carbocycles. The van der Waals surface area contributed by atoms with Gasteiger partial charge in [0, 0.05) is 0 Å². The minimum absolute atomic E-state index is 0.611. The van der Waals surface area contributed by atoms with E-state index in [0.29, 0.717) is 11.3 Å². The summed E-state index contributed by atoms with van der Waals surface area (Å²) in [5, 5.41) is 23.8. The highest BCUT2D eigenvalue weighted by Crippen LogP contribution is 2.23. The van der Waals surface area contributed by atoms with Gasteiger partial charge in [0.15, 0.2) is 0 Å². The van der Waals surface area contributed by atoms with Crippen molar-refractivity contribution >= 4 is 11.4 Å². The molecule has 2 aromatic rings. The number of nitriles is 1. The van der Waals surface area contributed by atoms with Gasteiger partial charge in [0.1, 0.15) is 5.69 Å². The Morgan fingerprint density at radius 3 is 2.41 bits per heavy atom. The van der Waals surface area contributed by atoms with E-state index in [1.807, 2.05) is 13.8 Å². The van der Waals surface area contributed by atoms with Crippen LogP contribution in [0.2, 0.25) is 0 Å². The Bertz CT molecular complexity index is 567. The predicted octanol–water partition coefficient (Wildman–Crippen LogP) is 3.31.